The van der Waals surface area contributed by atoms with Crippen LogP contribution in [0.5, 0.6) is 0 Å². The lowest BCUT2D eigenvalue weighted by atomic mass is 10.1. The van der Waals surface area contributed by atoms with Crippen LogP contribution in [0.2, 0.25) is 0 Å². The molecule has 3 N–H and O–H groups in total. The maximum absolute atomic E-state index is 11.4. The average molecular weight is 236 g/mol. The van der Waals surface area contributed by atoms with Gasteiger partial charge in [-0.3, -0.25) is 4.79 Å². The number of nitrogens with one attached hydrogen (secondary N) is 1. The van der Waals surface area contributed by atoms with Gasteiger partial charge in [0.2, 0.25) is 5.91 Å². The molecule has 94 valence electrons. The number of rotatable bonds is 5. The van der Waals surface area contributed by atoms with Crippen LogP contribution in [0.15, 0.2) is 18.3 Å². The molecule has 0 radical (unpaired) electrons. The van der Waals surface area contributed by atoms with E-state index in [0.29, 0.717) is 18.9 Å². The minimum atomic E-state index is -0.0390. The fourth-order valence-corrected chi connectivity index (χ4v) is 1.74. The molecule has 0 aromatic carbocycles. The highest BCUT2D eigenvalue weighted by Crippen LogP contribution is 2.10. The van der Waals surface area contributed by atoms with Crippen molar-refractivity contribution < 1.29 is 4.79 Å². The molecule has 17 heavy (non-hydrogen) atoms. The first-order valence-electron chi connectivity index (χ1n) is 5.64. The Balaban J connectivity index is 2.53. The SMILES string of the molecule is CNC(=O)C(C)CN(C)Cc1cccnc1N. The Bertz CT molecular complexity index is 381. The zero-order valence-corrected chi connectivity index (χ0v) is 10.6. The van der Waals surface area contributed by atoms with E-state index >= 15 is 0 Å². The molecular formula is C12H20N4O. The summed E-state index contributed by atoms with van der Waals surface area (Å²) in [5.74, 6) is 0.561. The van der Waals surface area contributed by atoms with Crippen molar-refractivity contribution in [2.24, 2.45) is 5.92 Å². The highest BCUT2D eigenvalue weighted by atomic mass is 16.1. The molecule has 0 spiro atoms. The maximum atomic E-state index is 11.4. The molecule has 1 aromatic heterocycles. The molecule has 0 aliphatic rings. The Kier molecular flexibility index (Phi) is 4.90. The first kappa shape index (κ1) is 13.4. The van der Waals surface area contributed by atoms with E-state index in [1.807, 2.05) is 26.1 Å². The number of aromatic nitrogens is 1. The lowest BCUT2D eigenvalue weighted by molar-refractivity contribution is -0.124. The van der Waals surface area contributed by atoms with E-state index in [0.717, 1.165) is 5.56 Å². The summed E-state index contributed by atoms with van der Waals surface area (Å²) in [6.45, 7) is 3.29. The van der Waals surface area contributed by atoms with Crippen LogP contribution in [0.4, 0.5) is 5.82 Å². The third kappa shape index (κ3) is 4.03. The van der Waals surface area contributed by atoms with Crippen LogP contribution < -0.4 is 11.1 Å². The van der Waals surface area contributed by atoms with Gasteiger partial charge in [-0.25, -0.2) is 4.98 Å². The fraction of sp³-hybridized carbons (Fsp3) is 0.500. The van der Waals surface area contributed by atoms with Crippen molar-refractivity contribution in [2.75, 3.05) is 26.4 Å². The highest BCUT2D eigenvalue weighted by Gasteiger charge is 2.14. The summed E-state index contributed by atoms with van der Waals surface area (Å²) in [6, 6.07) is 3.81. The number of hydrogen-bond donors (Lipinski definition) is 2. The number of nitrogens with zero attached hydrogens (tertiary/aromatic N) is 2. The van der Waals surface area contributed by atoms with Gasteiger partial charge in [-0.2, -0.15) is 0 Å². The standard InChI is InChI=1S/C12H20N4O/c1-9(12(17)14-2)7-16(3)8-10-5-4-6-15-11(10)13/h4-6,9H,7-8H2,1-3H3,(H2,13,15)(H,14,17). The van der Waals surface area contributed by atoms with Crippen LogP contribution in [-0.4, -0.2) is 36.4 Å². The van der Waals surface area contributed by atoms with Crippen molar-refractivity contribution >= 4 is 11.7 Å². The molecule has 1 atom stereocenters. The van der Waals surface area contributed by atoms with Crippen molar-refractivity contribution in [1.82, 2.24) is 15.2 Å². The van der Waals surface area contributed by atoms with E-state index in [9.17, 15) is 4.79 Å². The molecule has 0 aliphatic heterocycles. The fourth-order valence-electron chi connectivity index (χ4n) is 1.74. The van der Waals surface area contributed by atoms with Gasteiger partial charge in [-0.1, -0.05) is 13.0 Å². The van der Waals surface area contributed by atoms with Gasteiger partial charge in [0.15, 0.2) is 0 Å². The zero-order chi connectivity index (χ0) is 12.8. The van der Waals surface area contributed by atoms with Gasteiger partial charge in [0.1, 0.15) is 5.82 Å². The van der Waals surface area contributed by atoms with E-state index in [-0.39, 0.29) is 11.8 Å². The monoisotopic (exact) mass is 236 g/mol. The van der Waals surface area contributed by atoms with Crippen molar-refractivity contribution in [3.05, 3.63) is 23.9 Å². The number of amides is 1. The Morgan fingerprint density at radius 2 is 2.35 bits per heavy atom. The number of nitrogen functional groups attached to an aromatic ring is 1. The third-order valence-corrected chi connectivity index (χ3v) is 2.65. The summed E-state index contributed by atoms with van der Waals surface area (Å²) >= 11 is 0. The number of carbonyl (C=O) groups excluding carboxylic acids is 1. The molecule has 5 heteroatoms. The van der Waals surface area contributed by atoms with Crippen molar-refractivity contribution in [2.45, 2.75) is 13.5 Å². The summed E-state index contributed by atoms with van der Waals surface area (Å²) in [4.78, 5) is 17.5. The van der Waals surface area contributed by atoms with E-state index in [4.69, 9.17) is 5.73 Å². The maximum Gasteiger partial charge on any atom is 0.223 e. The van der Waals surface area contributed by atoms with Gasteiger partial charge >= 0.3 is 0 Å². The number of nitrogens with two attached hydrogens (primary N) is 1. The third-order valence-electron chi connectivity index (χ3n) is 2.65. The van der Waals surface area contributed by atoms with Crippen molar-refractivity contribution in [3.63, 3.8) is 0 Å². The van der Waals surface area contributed by atoms with Crippen molar-refractivity contribution in [1.29, 1.82) is 0 Å². The van der Waals surface area contributed by atoms with Crippen LogP contribution in [0.3, 0.4) is 0 Å². The first-order valence-corrected chi connectivity index (χ1v) is 5.64. The zero-order valence-electron chi connectivity index (χ0n) is 10.6. The average Bonchev–Trinajstić information content (AvgIpc) is 2.31. The van der Waals surface area contributed by atoms with Gasteiger partial charge < -0.3 is 16.0 Å². The predicted molar refractivity (Wildman–Crippen MR) is 68.2 cm³/mol. The first-order chi connectivity index (χ1) is 8.04. The van der Waals surface area contributed by atoms with Crippen LogP contribution in [0.25, 0.3) is 0 Å². The van der Waals surface area contributed by atoms with Gasteiger partial charge in [-0.05, 0) is 13.1 Å². The molecule has 1 amide bonds. The summed E-state index contributed by atoms with van der Waals surface area (Å²) < 4.78 is 0. The van der Waals surface area contributed by atoms with Gasteiger partial charge in [0.25, 0.3) is 0 Å². The highest BCUT2D eigenvalue weighted by molar-refractivity contribution is 5.78. The van der Waals surface area contributed by atoms with Crippen LogP contribution >= 0.6 is 0 Å². The molecule has 1 aromatic rings. The predicted octanol–water partition coefficient (Wildman–Crippen LogP) is 0.478. The van der Waals surface area contributed by atoms with Crippen molar-refractivity contribution in [3.8, 4) is 0 Å². The second-order valence-corrected chi connectivity index (χ2v) is 4.26. The quantitative estimate of drug-likeness (QED) is 0.780. The molecule has 1 rings (SSSR count). The minimum Gasteiger partial charge on any atom is -0.383 e. The summed E-state index contributed by atoms with van der Waals surface area (Å²) in [7, 11) is 3.61. The normalized spacial score (nSPS) is 12.5. The lowest BCUT2D eigenvalue weighted by Gasteiger charge is -2.20. The number of hydrogen-bond acceptors (Lipinski definition) is 4. The molecule has 0 aliphatic carbocycles. The number of anilines is 1. The summed E-state index contributed by atoms with van der Waals surface area (Å²) in [6.07, 6.45) is 1.67. The smallest absolute Gasteiger partial charge is 0.223 e. The molecule has 1 heterocycles. The van der Waals surface area contributed by atoms with E-state index in [2.05, 4.69) is 15.2 Å². The van der Waals surface area contributed by atoms with Crippen LogP contribution in [0, 0.1) is 5.92 Å². The Morgan fingerprint density at radius 1 is 1.65 bits per heavy atom. The minimum absolute atomic E-state index is 0.0390. The van der Waals surface area contributed by atoms with Gasteiger partial charge in [0, 0.05) is 37.8 Å². The molecule has 5 nitrogen and oxygen atoms in total. The topological polar surface area (TPSA) is 71.2 Å². The summed E-state index contributed by atoms with van der Waals surface area (Å²) in [5.41, 5.74) is 6.75. The lowest BCUT2D eigenvalue weighted by Crippen LogP contribution is -2.34. The Hall–Kier alpha value is -1.62. The molecule has 0 bridgehead atoms. The molecular weight excluding hydrogens is 216 g/mol. The van der Waals surface area contributed by atoms with Gasteiger partial charge in [0.05, 0.1) is 0 Å². The van der Waals surface area contributed by atoms with Crippen LogP contribution in [0.1, 0.15) is 12.5 Å². The second-order valence-electron chi connectivity index (χ2n) is 4.26. The summed E-state index contributed by atoms with van der Waals surface area (Å²) in [5, 5.41) is 2.64. The molecule has 1 unspecified atom stereocenters. The molecule has 0 fully saturated rings. The van der Waals surface area contributed by atoms with E-state index in [1.165, 1.54) is 0 Å². The Morgan fingerprint density at radius 3 is 2.94 bits per heavy atom. The van der Waals surface area contributed by atoms with Gasteiger partial charge in [-0.15, -0.1) is 0 Å². The largest absolute Gasteiger partial charge is 0.383 e. The Labute approximate surface area is 102 Å². The van der Waals surface area contributed by atoms with Crippen LogP contribution in [-0.2, 0) is 11.3 Å². The number of carbonyl (C=O) groups is 1. The van der Waals surface area contributed by atoms with E-state index in [1.54, 1.807) is 13.2 Å². The molecule has 0 saturated heterocycles. The second kappa shape index (κ2) is 6.20. The number of pyridine rings is 1. The molecule has 0 saturated carbocycles. The van der Waals surface area contributed by atoms with E-state index < -0.39 is 0 Å².